The van der Waals surface area contributed by atoms with Crippen molar-refractivity contribution < 1.29 is 34.7 Å². The Hall–Kier alpha value is -0.830. The van der Waals surface area contributed by atoms with Gasteiger partial charge in [0, 0.05) is 5.92 Å². The van der Waals surface area contributed by atoms with Crippen molar-refractivity contribution in [1.29, 1.82) is 0 Å². The number of carbonyl (C=O) groups is 1. The fraction of sp³-hybridized carbons (Fsp3) is 0.850. The zero-order chi connectivity index (χ0) is 20.1. The third-order valence-electron chi connectivity index (χ3n) is 6.32. The van der Waals surface area contributed by atoms with Gasteiger partial charge in [0.25, 0.3) is 0 Å². The molecule has 4 N–H and O–H groups in total. The van der Waals surface area contributed by atoms with Crippen molar-refractivity contribution in [2.45, 2.75) is 83.8 Å². The number of rotatable bonds is 5. The first-order valence-corrected chi connectivity index (χ1v) is 9.73. The van der Waals surface area contributed by atoms with Gasteiger partial charge >= 0.3 is 0 Å². The van der Waals surface area contributed by atoms with Gasteiger partial charge in [0.2, 0.25) is 0 Å². The molecule has 7 nitrogen and oxygen atoms in total. The Morgan fingerprint density at radius 1 is 1.22 bits per heavy atom. The van der Waals surface area contributed by atoms with Gasteiger partial charge < -0.3 is 29.9 Å². The first kappa shape index (κ1) is 20.9. The van der Waals surface area contributed by atoms with Crippen LogP contribution in [-0.4, -0.2) is 69.6 Å². The number of aliphatic hydroxyl groups is 4. The smallest absolute Gasteiger partial charge is 0.186 e. The monoisotopic (exact) mass is 384 g/mol. The number of hydrogen-bond acceptors (Lipinski definition) is 7. The van der Waals surface area contributed by atoms with Crippen molar-refractivity contribution in [2.24, 2.45) is 17.3 Å². The maximum absolute atomic E-state index is 11.7. The molecule has 3 rings (SSSR count). The van der Waals surface area contributed by atoms with Crippen LogP contribution in [0.25, 0.3) is 0 Å². The number of aliphatic hydroxyl groups excluding tert-OH is 4. The molecule has 27 heavy (non-hydrogen) atoms. The number of ether oxygens (including phenoxy) is 2. The largest absolute Gasteiger partial charge is 0.394 e. The number of allylic oxidation sites excluding steroid dienone is 1. The summed E-state index contributed by atoms with van der Waals surface area (Å²) in [6, 6.07) is 0. The maximum atomic E-state index is 11.7. The normalized spacial score (nSPS) is 44.3. The molecule has 0 amide bonds. The average molecular weight is 384 g/mol. The minimum absolute atomic E-state index is 0.136. The predicted octanol–water partition coefficient (Wildman–Crippen LogP) is 0.533. The summed E-state index contributed by atoms with van der Waals surface area (Å²) in [4.78, 5) is 11.7. The van der Waals surface area contributed by atoms with Crippen molar-refractivity contribution >= 4 is 5.78 Å². The summed E-state index contributed by atoms with van der Waals surface area (Å²) in [5, 5.41) is 39.4. The molecule has 1 heterocycles. The maximum Gasteiger partial charge on any atom is 0.186 e. The minimum atomic E-state index is -1.44. The highest BCUT2D eigenvalue weighted by molar-refractivity contribution is 5.82. The van der Waals surface area contributed by atoms with Gasteiger partial charge in [-0.2, -0.15) is 0 Å². The summed E-state index contributed by atoms with van der Waals surface area (Å²) < 4.78 is 11.4. The average Bonchev–Trinajstić information content (AvgIpc) is 3.34. The van der Waals surface area contributed by atoms with E-state index in [0.717, 1.165) is 6.42 Å². The first-order chi connectivity index (χ1) is 12.6. The van der Waals surface area contributed by atoms with E-state index in [9.17, 15) is 25.2 Å². The Kier molecular flexibility index (Phi) is 5.83. The molecule has 0 unspecified atom stereocenters. The van der Waals surface area contributed by atoms with E-state index < -0.39 is 37.3 Å². The fourth-order valence-electron chi connectivity index (χ4n) is 5.03. The number of hydrogen-bond donors (Lipinski definition) is 4. The van der Waals surface area contributed by atoms with Crippen LogP contribution in [0.1, 0.15) is 47.0 Å². The minimum Gasteiger partial charge on any atom is -0.394 e. The molecule has 1 saturated heterocycles. The lowest BCUT2D eigenvalue weighted by molar-refractivity contribution is -0.313. The second-order valence-electron chi connectivity index (χ2n) is 9.00. The topological polar surface area (TPSA) is 116 Å². The highest BCUT2D eigenvalue weighted by Crippen LogP contribution is 2.55. The van der Waals surface area contributed by atoms with E-state index in [1.807, 2.05) is 0 Å². The van der Waals surface area contributed by atoms with Gasteiger partial charge in [-0.05, 0) is 44.4 Å². The molecule has 0 spiro atoms. The Morgan fingerprint density at radius 2 is 1.89 bits per heavy atom. The van der Waals surface area contributed by atoms with Crippen LogP contribution in [0.15, 0.2) is 11.1 Å². The molecule has 8 atom stereocenters. The van der Waals surface area contributed by atoms with Crippen molar-refractivity contribution in [3.05, 3.63) is 11.1 Å². The van der Waals surface area contributed by atoms with Crippen molar-refractivity contribution in [1.82, 2.24) is 0 Å². The number of Topliss-reactive ketones (excluding diaryl/α,β-unsaturated/α-hetero) is 1. The molecule has 3 aliphatic rings. The Balaban J connectivity index is 1.71. The van der Waals surface area contributed by atoms with Crippen LogP contribution in [0, 0.1) is 17.3 Å². The van der Waals surface area contributed by atoms with Gasteiger partial charge in [-0.3, -0.25) is 4.79 Å². The van der Waals surface area contributed by atoms with E-state index in [-0.39, 0.29) is 23.2 Å². The van der Waals surface area contributed by atoms with E-state index in [2.05, 4.69) is 20.8 Å². The third-order valence-corrected chi connectivity index (χ3v) is 6.32. The highest BCUT2D eigenvalue weighted by atomic mass is 16.7. The molecule has 2 aliphatic carbocycles. The van der Waals surface area contributed by atoms with Crippen LogP contribution < -0.4 is 0 Å². The molecule has 0 aromatic rings. The summed E-state index contributed by atoms with van der Waals surface area (Å²) in [6.45, 7) is 7.53. The Labute approximate surface area is 160 Å². The number of carbonyl (C=O) groups excluding carboxylic acids is 1. The SMILES string of the molecule is CC(=O)[C@@H]1C[C@H]1C1=C(C)C[C@@H](O[C@@H]2O[C@H](CO)[C@@H](O)[C@H](O)[C@H]2O)CC1(C)C. The van der Waals surface area contributed by atoms with E-state index in [4.69, 9.17) is 9.47 Å². The van der Waals surface area contributed by atoms with E-state index >= 15 is 0 Å². The fourth-order valence-corrected chi connectivity index (χ4v) is 5.03. The molecule has 1 aliphatic heterocycles. The van der Waals surface area contributed by atoms with E-state index in [0.29, 0.717) is 18.8 Å². The summed E-state index contributed by atoms with van der Waals surface area (Å²) >= 11 is 0. The molecule has 154 valence electrons. The molecule has 0 aromatic carbocycles. The molecule has 7 heteroatoms. The Morgan fingerprint density at radius 3 is 2.41 bits per heavy atom. The molecule has 1 saturated carbocycles. The molecule has 0 radical (unpaired) electrons. The lowest BCUT2D eigenvalue weighted by Crippen LogP contribution is -2.59. The van der Waals surface area contributed by atoms with Crippen LogP contribution in [0.2, 0.25) is 0 Å². The Bertz CT molecular complexity index is 611. The van der Waals surface area contributed by atoms with E-state index in [1.54, 1.807) is 6.92 Å². The predicted molar refractivity (Wildman–Crippen MR) is 96.6 cm³/mol. The standard InChI is InChI=1S/C20H32O7/c1-9-5-11(7-20(3,4)15(9)13-6-12(13)10(2)22)26-19-18(25)17(24)16(23)14(8-21)27-19/h11-14,16-19,21,23-25H,5-8H2,1-4H3/t11-,12+,13-,14-,16-,17+,18-,19-/m1/s1. The van der Waals surface area contributed by atoms with Crippen LogP contribution in [-0.2, 0) is 14.3 Å². The van der Waals surface area contributed by atoms with Gasteiger partial charge in [-0.1, -0.05) is 25.0 Å². The molecular weight excluding hydrogens is 352 g/mol. The van der Waals surface area contributed by atoms with Crippen molar-refractivity contribution in [3.8, 4) is 0 Å². The zero-order valence-electron chi connectivity index (χ0n) is 16.5. The van der Waals surface area contributed by atoms with Crippen LogP contribution in [0.4, 0.5) is 0 Å². The summed E-state index contributed by atoms with van der Waals surface area (Å²) in [5.74, 6) is 0.707. The van der Waals surface area contributed by atoms with E-state index in [1.165, 1.54) is 11.1 Å². The zero-order valence-corrected chi connectivity index (χ0v) is 16.5. The molecule has 0 aromatic heterocycles. The highest BCUT2D eigenvalue weighted by Gasteiger charge is 2.51. The summed E-state index contributed by atoms with van der Waals surface area (Å²) in [6.07, 6.45) is -4.23. The van der Waals surface area contributed by atoms with Gasteiger partial charge in [0.15, 0.2) is 6.29 Å². The van der Waals surface area contributed by atoms with Crippen molar-refractivity contribution in [2.75, 3.05) is 6.61 Å². The summed E-state index contributed by atoms with van der Waals surface area (Å²) in [5.41, 5.74) is 2.40. The lowest BCUT2D eigenvalue weighted by Gasteiger charge is -2.44. The van der Waals surface area contributed by atoms with Crippen LogP contribution in [0.5, 0.6) is 0 Å². The van der Waals surface area contributed by atoms with Crippen LogP contribution in [0.3, 0.4) is 0 Å². The first-order valence-electron chi connectivity index (χ1n) is 9.73. The quantitative estimate of drug-likeness (QED) is 0.511. The molecule has 2 fully saturated rings. The molecule has 0 bridgehead atoms. The summed E-state index contributed by atoms with van der Waals surface area (Å²) in [7, 11) is 0. The third kappa shape index (κ3) is 3.99. The van der Waals surface area contributed by atoms with Gasteiger partial charge in [-0.15, -0.1) is 0 Å². The lowest BCUT2D eigenvalue weighted by atomic mass is 9.69. The van der Waals surface area contributed by atoms with Gasteiger partial charge in [-0.25, -0.2) is 0 Å². The van der Waals surface area contributed by atoms with Crippen LogP contribution >= 0.6 is 0 Å². The van der Waals surface area contributed by atoms with Crippen molar-refractivity contribution in [3.63, 3.8) is 0 Å². The number of ketones is 1. The molecular formula is C20H32O7. The second-order valence-corrected chi connectivity index (χ2v) is 9.00. The second kappa shape index (κ2) is 7.54. The van der Waals surface area contributed by atoms with Gasteiger partial charge in [0.05, 0.1) is 12.7 Å². The van der Waals surface area contributed by atoms with Gasteiger partial charge in [0.1, 0.15) is 30.2 Å².